The second kappa shape index (κ2) is 5.93. The van der Waals surface area contributed by atoms with Crippen LogP contribution in [0.3, 0.4) is 0 Å². The Morgan fingerprint density at radius 2 is 2.00 bits per heavy atom. The maximum atomic E-state index is 13.2. The predicted molar refractivity (Wildman–Crippen MR) is 61.2 cm³/mol. The maximum absolute atomic E-state index is 13.2. The van der Waals surface area contributed by atoms with E-state index in [0.29, 0.717) is 6.61 Å². The summed E-state index contributed by atoms with van der Waals surface area (Å²) in [6.07, 6.45) is 0. The van der Waals surface area contributed by atoms with Gasteiger partial charge in [-0.15, -0.1) is 0 Å². The molecule has 1 fully saturated rings. The second-order valence-electron chi connectivity index (χ2n) is 4.01. The summed E-state index contributed by atoms with van der Waals surface area (Å²) in [6.45, 7) is 5.10. The van der Waals surface area contributed by atoms with Crippen LogP contribution in [0.25, 0.3) is 0 Å². The van der Waals surface area contributed by atoms with Gasteiger partial charge in [-0.3, -0.25) is 4.90 Å². The molecule has 5 heteroatoms. The van der Waals surface area contributed by atoms with Crippen LogP contribution in [0.1, 0.15) is 0 Å². The molecule has 1 heterocycles. The average Bonchev–Trinajstić information content (AvgIpc) is 2.33. The fourth-order valence-electron chi connectivity index (χ4n) is 1.81. The van der Waals surface area contributed by atoms with Crippen LogP contribution in [0.5, 0.6) is 5.75 Å². The lowest BCUT2D eigenvalue weighted by Crippen LogP contribution is -2.44. The van der Waals surface area contributed by atoms with E-state index in [9.17, 15) is 8.78 Å². The van der Waals surface area contributed by atoms with Gasteiger partial charge in [0.25, 0.3) is 0 Å². The Morgan fingerprint density at radius 1 is 1.24 bits per heavy atom. The highest BCUT2D eigenvalue weighted by atomic mass is 19.1. The van der Waals surface area contributed by atoms with Crippen molar-refractivity contribution in [3.63, 3.8) is 0 Å². The molecule has 0 radical (unpaired) electrons. The number of rotatable bonds is 4. The Balaban J connectivity index is 1.77. The van der Waals surface area contributed by atoms with Gasteiger partial charge in [0, 0.05) is 38.8 Å². The standard InChI is InChI=1S/C12H16F2N2O/c13-10-1-2-12(11(14)9-10)17-8-7-16-5-3-15-4-6-16/h1-2,9,15H,3-8H2. The van der Waals surface area contributed by atoms with Gasteiger partial charge < -0.3 is 10.1 Å². The highest BCUT2D eigenvalue weighted by molar-refractivity contribution is 5.24. The average molecular weight is 242 g/mol. The molecule has 2 rings (SSSR count). The smallest absolute Gasteiger partial charge is 0.167 e. The molecular formula is C12H16F2N2O. The fraction of sp³-hybridized carbons (Fsp3) is 0.500. The zero-order valence-corrected chi connectivity index (χ0v) is 9.59. The van der Waals surface area contributed by atoms with Crippen LogP contribution in [-0.2, 0) is 0 Å². The molecule has 1 aromatic carbocycles. The van der Waals surface area contributed by atoms with E-state index in [1.165, 1.54) is 12.1 Å². The summed E-state index contributed by atoms with van der Waals surface area (Å²) in [4.78, 5) is 2.25. The van der Waals surface area contributed by atoms with E-state index in [2.05, 4.69) is 10.2 Å². The number of hydrogen-bond donors (Lipinski definition) is 1. The molecule has 0 aromatic heterocycles. The topological polar surface area (TPSA) is 24.5 Å². The Bertz CT molecular complexity index is 368. The molecule has 17 heavy (non-hydrogen) atoms. The van der Waals surface area contributed by atoms with E-state index in [1.54, 1.807) is 0 Å². The molecule has 0 atom stereocenters. The van der Waals surface area contributed by atoms with Crippen molar-refractivity contribution in [2.45, 2.75) is 0 Å². The van der Waals surface area contributed by atoms with Crippen LogP contribution in [0.15, 0.2) is 18.2 Å². The molecule has 0 aliphatic carbocycles. The van der Waals surface area contributed by atoms with E-state index in [1.807, 2.05) is 0 Å². The number of benzene rings is 1. The molecule has 1 N–H and O–H groups in total. The van der Waals surface area contributed by atoms with Crippen molar-refractivity contribution in [2.24, 2.45) is 0 Å². The largest absolute Gasteiger partial charge is 0.489 e. The van der Waals surface area contributed by atoms with Gasteiger partial charge >= 0.3 is 0 Å². The lowest BCUT2D eigenvalue weighted by atomic mass is 10.3. The molecule has 1 aromatic rings. The van der Waals surface area contributed by atoms with Crippen LogP contribution in [0.4, 0.5) is 8.78 Å². The molecule has 0 unspecified atom stereocenters. The molecule has 0 saturated carbocycles. The number of piperazine rings is 1. The van der Waals surface area contributed by atoms with E-state index in [4.69, 9.17) is 4.74 Å². The minimum Gasteiger partial charge on any atom is -0.489 e. The summed E-state index contributed by atoms with van der Waals surface area (Å²) < 4.78 is 31.2. The SMILES string of the molecule is Fc1ccc(OCCN2CCNCC2)c(F)c1. The lowest BCUT2D eigenvalue weighted by Gasteiger charge is -2.26. The first-order valence-corrected chi connectivity index (χ1v) is 5.76. The van der Waals surface area contributed by atoms with Crippen LogP contribution < -0.4 is 10.1 Å². The highest BCUT2D eigenvalue weighted by Gasteiger charge is 2.10. The molecule has 3 nitrogen and oxygen atoms in total. The molecule has 94 valence electrons. The zero-order chi connectivity index (χ0) is 12.1. The van der Waals surface area contributed by atoms with E-state index >= 15 is 0 Å². The van der Waals surface area contributed by atoms with Gasteiger partial charge in [0.1, 0.15) is 12.4 Å². The number of halogens is 2. The third kappa shape index (κ3) is 3.64. The third-order valence-electron chi connectivity index (χ3n) is 2.77. The van der Waals surface area contributed by atoms with Crippen molar-refractivity contribution < 1.29 is 13.5 Å². The number of ether oxygens (including phenoxy) is 1. The van der Waals surface area contributed by atoms with Gasteiger partial charge in [-0.25, -0.2) is 8.78 Å². The molecule has 1 aliphatic rings. The Hall–Kier alpha value is -1.20. The first-order chi connectivity index (χ1) is 8.25. The van der Waals surface area contributed by atoms with E-state index in [-0.39, 0.29) is 5.75 Å². The first-order valence-electron chi connectivity index (χ1n) is 5.76. The van der Waals surface area contributed by atoms with Crippen molar-refractivity contribution in [3.8, 4) is 5.75 Å². The number of nitrogens with zero attached hydrogens (tertiary/aromatic N) is 1. The minimum absolute atomic E-state index is 0.113. The van der Waals surface area contributed by atoms with Gasteiger partial charge in [-0.2, -0.15) is 0 Å². The Kier molecular flexibility index (Phi) is 4.28. The van der Waals surface area contributed by atoms with Gasteiger partial charge in [-0.05, 0) is 12.1 Å². The predicted octanol–water partition coefficient (Wildman–Crippen LogP) is 1.25. The summed E-state index contributed by atoms with van der Waals surface area (Å²) in [5, 5.41) is 3.25. The van der Waals surface area contributed by atoms with Crippen LogP contribution in [0, 0.1) is 11.6 Å². The maximum Gasteiger partial charge on any atom is 0.167 e. The summed E-state index contributed by atoms with van der Waals surface area (Å²) in [6, 6.07) is 3.35. The van der Waals surface area contributed by atoms with Crippen molar-refractivity contribution in [1.82, 2.24) is 10.2 Å². The van der Waals surface area contributed by atoms with Gasteiger partial charge in [0.2, 0.25) is 0 Å². The number of hydrogen-bond acceptors (Lipinski definition) is 3. The summed E-state index contributed by atoms with van der Waals surface area (Å²) >= 11 is 0. The van der Waals surface area contributed by atoms with Crippen LogP contribution in [0.2, 0.25) is 0 Å². The van der Waals surface area contributed by atoms with Gasteiger partial charge in [0.15, 0.2) is 11.6 Å². The van der Waals surface area contributed by atoms with Crippen molar-refractivity contribution in [3.05, 3.63) is 29.8 Å². The highest BCUT2D eigenvalue weighted by Crippen LogP contribution is 2.17. The first kappa shape index (κ1) is 12.3. The Morgan fingerprint density at radius 3 is 2.71 bits per heavy atom. The fourth-order valence-corrected chi connectivity index (χ4v) is 1.81. The summed E-state index contributed by atoms with van der Waals surface area (Å²) in [7, 11) is 0. The number of nitrogens with one attached hydrogen (secondary N) is 1. The third-order valence-corrected chi connectivity index (χ3v) is 2.77. The molecular weight excluding hydrogens is 226 g/mol. The van der Waals surface area contributed by atoms with Crippen molar-refractivity contribution in [2.75, 3.05) is 39.3 Å². The Labute approximate surface area is 99.4 Å². The zero-order valence-electron chi connectivity index (χ0n) is 9.59. The van der Waals surface area contributed by atoms with E-state index in [0.717, 1.165) is 38.8 Å². The van der Waals surface area contributed by atoms with Gasteiger partial charge in [-0.1, -0.05) is 0 Å². The van der Waals surface area contributed by atoms with Crippen LogP contribution >= 0.6 is 0 Å². The van der Waals surface area contributed by atoms with Gasteiger partial charge in [0.05, 0.1) is 0 Å². The molecule has 1 saturated heterocycles. The lowest BCUT2D eigenvalue weighted by molar-refractivity contribution is 0.188. The summed E-state index contributed by atoms with van der Waals surface area (Å²) in [5.41, 5.74) is 0. The molecule has 1 aliphatic heterocycles. The normalized spacial score (nSPS) is 17.1. The molecule has 0 spiro atoms. The van der Waals surface area contributed by atoms with Crippen LogP contribution in [-0.4, -0.2) is 44.2 Å². The van der Waals surface area contributed by atoms with E-state index < -0.39 is 11.6 Å². The van der Waals surface area contributed by atoms with Crippen molar-refractivity contribution >= 4 is 0 Å². The monoisotopic (exact) mass is 242 g/mol. The second-order valence-corrected chi connectivity index (χ2v) is 4.01. The summed E-state index contributed by atoms with van der Waals surface area (Å²) in [5.74, 6) is -1.12. The van der Waals surface area contributed by atoms with Crippen molar-refractivity contribution in [1.29, 1.82) is 0 Å². The minimum atomic E-state index is -0.648. The molecule has 0 amide bonds. The quantitative estimate of drug-likeness (QED) is 0.860. The molecule has 0 bridgehead atoms.